The lowest BCUT2D eigenvalue weighted by Crippen LogP contribution is -2.41. The summed E-state index contributed by atoms with van der Waals surface area (Å²) >= 11 is 0. The Bertz CT molecular complexity index is 488. The van der Waals surface area contributed by atoms with Gasteiger partial charge in [0.15, 0.2) is 0 Å². The molecule has 21 heavy (non-hydrogen) atoms. The van der Waals surface area contributed by atoms with E-state index in [0.29, 0.717) is 12.1 Å². The fraction of sp³-hybridized carbons (Fsp3) is 0.500. The Morgan fingerprint density at radius 1 is 1.10 bits per heavy atom. The molecular formula is C16H24N2O3. The first-order chi connectivity index (χ1) is 9.77. The molecule has 1 atom stereocenters. The predicted molar refractivity (Wildman–Crippen MR) is 82.2 cm³/mol. The Kier molecular flexibility index (Phi) is 5.90. The summed E-state index contributed by atoms with van der Waals surface area (Å²) in [6, 6.07) is 8.91. The molecule has 1 rings (SSSR count). The summed E-state index contributed by atoms with van der Waals surface area (Å²) in [4.78, 5) is 27.5. The molecule has 0 spiro atoms. The number of benzene rings is 1. The highest BCUT2D eigenvalue weighted by atomic mass is 16.4. The molecule has 1 amide bonds. The van der Waals surface area contributed by atoms with E-state index in [1.807, 2.05) is 25.1 Å². The van der Waals surface area contributed by atoms with E-state index in [2.05, 4.69) is 0 Å². The number of hydrogen-bond donors (Lipinski definition) is 1. The van der Waals surface area contributed by atoms with Crippen molar-refractivity contribution in [2.45, 2.75) is 18.8 Å². The van der Waals surface area contributed by atoms with Crippen LogP contribution in [0.4, 0.5) is 0 Å². The molecule has 0 saturated carbocycles. The quantitative estimate of drug-likeness (QED) is 0.826. The number of amides is 1. The molecule has 0 aliphatic heterocycles. The second-order valence-electron chi connectivity index (χ2n) is 5.80. The van der Waals surface area contributed by atoms with Gasteiger partial charge in [0.1, 0.15) is 0 Å². The van der Waals surface area contributed by atoms with E-state index in [1.54, 1.807) is 43.1 Å². The summed E-state index contributed by atoms with van der Waals surface area (Å²) in [6.07, 6.45) is -0.0454. The normalized spacial score (nSPS) is 13.8. The largest absolute Gasteiger partial charge is 0.481 e. The Hall–Kier alpha value is -1.88. The number of carboxylic acids is 1. The minimum absolute atomic E-state index is 0.0454. The first-order valence-electron chi connectivity index (χ1n) is 6.95. The third-order valence-electron chi connectivity index (χ3n) is 3.70. The highest BCUT2D eigenvalue weighted by Crippen LogP contribution is 2.28. The molecule has 0 aliphatic rings. The fourth-order valence-electron chi connectivity index (χ4n) is 2.02. The molecule has 5 heteroatoms. The molecule has 0 bridgehead atoms. The minimum Gasteiger partial charge on any atom is -0.481 e. The van der Waals surface area contributed by atoms with Crippen molar-refractivity contribution in [3.8, 4) is 0 Å². The topological polar surface area (TPSA) is 60.9 Å². The second-order valence-corrected chi connectivity index (χ2v) is 5.80. The molecule has 1 N–H and O–H groups in total. The van der Waals surface area contributed by atoms with Gasteiger partial charge in [-0.3, -0.25) is 9.59 Å². The lowest BCUT2D eigenvalue weighted by Gasteiger charge is -2.28. The SMILES string of the molecule is CN(C)CCN(C)C(=O)CC(C)(C(=O)O)c1ccccc1. The molecule has 5 nitrogen and oxygen atoms in total. The predicted octanol–water partition coefficient (Wildman–Crippen LogP) is 1.44. The number of nitrogens with zero attached hydrogens (tertiary/aromatic N) is 2. The Morgan fingerprint density at radius 3 is 2.14 bits per heavy atom. The van der Waals surface area contributed by atoms with E-state index in [1.165, 1.54) is 0 Å². The summed E-state index contributed by atoms with van der Waals surface area (Å²) < 4.78 is 0. The molecule has 0 radical (unpaired) electrons. The summed E-state index contributed by atoms with van der Waals surface area (Å²) in [7, 11) is 5.58. The van der Waals surface area contributed by atoms with Crippen molar-refractivity contribution < 1.29 is 14.7 Å². The van der Waals surface area contributed by atoms with Gasteiger partial charge in [0.2, 0.25) is 5.91 Å². The zero-order valence-electron chi connectivity index (χ0n) is 13.2. The number of hydrogen-bond acceptors (Lipinski definition) is 3. The van der Waals surface area contributed by atoms with Crippen molar-refractivity contribution in [1.29, 1.82) is 0 Å². The Labute approximate surface area is 126 Å². The number of aliphatic carboxylic acids is 1. The molecule has 0 saturated heterocycles. The van der Waals surface area contributed by atoms with Crippen LogP contribution in [0.3, 0.4) is 0 Å². The van der Waals surface area contributed by atoms with Gasteiger partial charge in [0.25, 0.3) is 0 Å². The van der Waals surface area contributed by atoms with Crippen molar-refractivity contribution >= 4 is 11.9 Å². The van der Waals surface area contributed by atoms with E-state index in [-0.39, 0.29) is 12.3 Å². The average molecular weight is 292 g/mol. The van der Waals surface area contributed by atoms with Gasteiger partial charge in [-0.2, -0.15) is 0 Å². The van der Waals surface area contributed by atoms with Crippen LogP contribution in [0.2, 0.25) is 0 Å². The van der Waals surface area contributed by atoms with Crippen LogP contribution in [0.25, 0.3) is 0 Å². The van der Waals surface area contributed by atoms with Gasteiger partial charge in [0, 0.05) is 26.6 Å². The summed E-state index contributed by atoms with van der Waals surface area (Å²) in [5.41, 5.74) is -0.558. The zero-order valence-corrected chi connectivity index (χ0v) is 13.2. The molecular weight excluding hydrogens is 268 g/mol. The van der Waals surface area contributed by atoms with Crippen LogP contribution in [-0.2, 0) is 15.0 Å². The average Bonchev–Trinajstić information content (AvgIpc) is 2.45. The molecule has 0 heterocycles. The van der Waals surface area contributed by atoms with Crippen LogP contribution < -0.4 is 0 Å². The van der Waals surface area contributed by atoms with Gasteiger partial charge in [-0.1, -0.05) is 30.3 Å². The lowest BCUT2D eigenvalue weighted by atomic mass is 9.79. The minimum atomic E-state index is -1.20. The Balaban J connectivity index is 2.84. The van der Waals surface area contributed by atoms with Crippen molar-refractivity contribution in [3.63, 3.8) is 0 Å². The van der Waals surface area contributed by atoms with E-state index < -0.39 is 11.4 Å². The molecule has 1 unspecified atom stereocenters. The highest BCUT2D eigenvalue weighted by molar-refractivity contribution is 5.89. The molecule has 116 valence electrons. The smallest absolute Gasteiger partial charge is 0.314 e. The molecule has 0 fully saturated rings. The van der Waals surface area contributed by atoms with Gasteiger partial charge < -0.3 is 14.9 Å². The monoisotopic (exact) mass is 292 g/mol. The number of carbonyl (C=O) groups excluding carboxylic acids is 1. The first-order valence-corrected chi connectivity index (χ1v) is 6.95. The standard InChI is InChI=1S/C16H24N2O3/c1-16(15(20)21,13-8-6-5-7-9-13)12-14(19)18(4)11-10-17(2)3/h5-9H,10-12H2,1-4H3,(H,20,21). The maximum absolute atomic E-state index is 12.3. The maximum atomic E-state index is 12.3. The van der Waals surface area contributed by atoms with Gasteiger partial charge in [0.05, 0.1) is 5.41 Å². The maximum Gasteiger partial charge on any atom is 0.314 e. The van der Waals surface area contributed by atoms with E-state index >= 15 is 0 Å². The first kappa shape index (κ1) is 17.2. The van der Waals surface area contributed by atoms with E-state index in [0.717, 1.165) is 6.54 Å². The van der Waals surface area contributed by atoms with Gasteiger partial charge >= 0.3 is 5.97 Å². The van der Waals surface area contributed by atoms with Crippen molar-refractivity contribution in [2.24, 2.45) is 0 Å². The molecule has 0 aliphatic carbocycles. The van der Waals surface area contributed by atoms with Crippen LogP contribution >= 0.6 is 0 Å². The number of likely N-dealkylation sites (N-methyl/N-ethyl adjacent to an activating group) is 2. The number of rotatable bonds is 7. The number of carbonyl (C=O) groups is 2. The zero-order chi connectivity index (χ0) is 16.0. The van der Waals surface area contributed by atoms with Gasteiger partial charge in [-0.15, -0.1) is 0 Å². The highest BCUT2D eigenvalue weighted by Gasteiger charge is 2.38. The third kappa shape index (κ3) is 4.56. The molecule has 1 aromatic rings. The van der Waals surface area contributed by atoms with E-state index in [9.17, 15) is 14.7 Å². The fourth-order valence-corrected chi connectivity index (χ4v) is 2.02. The van der Waals surface area contributed by atoms with Crippen molar-refractivity contribution in [2.75, 3.05) is 34.2 Å². The van der Waals surface area contributed by atoms with Crippen LogP contribution in [0.1, 0.15) is 18.9 Å². The van der Waals surface area contributed by atoms with Gasteiger partial charge in [-0.05, 0) is 26.6 Å². The van der Waals surface area contributed by atoms with Crippen LogP contribution in [-0.4, -0.2) is 61.0 Å². The van der Waals surface area contributed by atoms with Crippen LogP contribution in [0.5, 0.6) is 0 Å². The second kappa shape index (κ2) is 7.22. The summed E-state index contributed by atoms with van der Waals surface area (Å²) in [5.74, 6) is -1.14. The van der Waals surface area contributed by atoms with Gasteiger partial charge in [-0.25, -0.2) is 0 Å². The molecule has 0 aromatic heterocycles. The summed E-state index contributed by atoms with van der Waals surface area (Å²) in [5, 5.41) is 9.56. The van der Waals surface area contributed by atoms with Crippen molar-refractivity contribution in [3.05, 3.63) is 35.9 Å². The van der Waals surface area contributed by atoms with Crippen LogP contribution in [0, 0.1) is 0 Å². The summed E-state index contributed by atoms with van der Waals surface area (Å²) in [6.45, 7) is 2.93. The number of carboxylic acid groups (broad SMARTS) is 1. The third-order valence-corrected chi connectivity index (χ3v) is 3.70. The van der Waals surface area contributed by atoms with E-state index in [4.69, 9.17) is 0 Å². The Morgan fingerprint density at radius 2 is 1.67 bits per heavy atom. The molecule has 1 aromatic carbocycles. The van der Waals surface area contributed by atoms with Crippen molar-refractivity contribution in [1.82, 2.24) is 9.80 Å². The van der Waals surface area contributed by atoms with Crippen LogP contribution in [0.15, 0.2) is 30.3 Å². The lowest BCUT2D eigenvalue weighted by molar-refractivity contribution is -0.147.